The number of para-hydroxylation sites is 1. The van der Waals surface area contributed by atoms with Gasteiger partial charge in [0.05, 0.1) is 17.8 Å². The molecule has 1 aliphatic rings. The number of rotatable bonds is 3. The highest BCUT2D eigenvalue weighted by Gasteiger charge is 2.26. The molecule has 2 N–H and O–H groups in total. The van der Waals surface area contributed by atoms with E-state index in [0.717, 1.165) is 36.3 Å². The summed E-state index contributed by atoms with van der Waals surface area (Å²) in [5.74, 6) is -0.0653. The smallest absolute Gasteiger partial charge is 0.266 e. The van der Waals surface area contributed by atoms with Crippen LogP contribution in [0.4, 0.5) is 11.4 Å². The molecule has 1 saturated heterocycles. The highest BCUT2D eigenvalue weighted by atomic mass is 16.2. The average molecular weight is 312 g/mol. The first-order valence-corrected chi connectivity index (χ1v) is 7.79. The molecule has 1 fully saturated rings. The van der Waals surface area contributed by atoms with Crippen LogP contribution in [0.25, 0.3) is 0 Å². The normalized spacial score (nSPS) is 17.8. The molecule has 2 heterocycles. The lowest BCUT2D eigenvalue weighted by molar-refractivity contribution is -0.120. The quantitative estimate of drug-likeness (QED) is 0.908. The molecular weight excluding hydrogens is 292 g/mol. The van der Waals surface area contributed by atoms with Crippen molar-refractivity contribution in [2.24, 2.45) is 5.92 Å². The lowest BCUT2D eigenvalue weighted by atomic mass is 9.96. The first kappa shape index (κ1) is 15.3. The number of nitrogens with one attached hydrogen (secondary N) is 2. The van der Waals surface area contributed by atoms with Crippen molar-refractivity contribution >= 4 is 17.3 Å². The van der Waals surface area contributed by atoms with Crippen LogP contribution in [-0.2, 0) is 4.79 Å². The number of H-pyrrole nitrogens is 1. The Morgan fingerprint density at radius 1 is 1.39 bits per heavy atom. The van der Waals surface area contributed by atoms with E-state index in [1.54, 1.807) is 6.20 Å². The number of hydrogen-bond donors (Lipinski definition) is 2. The summed E-state index contributed by atoms with van der Waals surface area (Å²) in [7, 11) is 0. The van der Waals surface area contributed by atoms with Gasteiger partial charge in [0.25, 0.3) is 5.56 Å². The molecule has 0 bridgehead atoms. The highest BCUT2D eigenvalue weighted by molar-refractivity contribution is 5.93. The van der Waals surface area contributed by atoms with Crippen LogP contribution >= 0.6 is 0 Å². The van der Waals surface area contributed by atoms with Gasteiger partial charge in [-0.2, -0.15) is 5.10 Å². The Bertz CT molecular complexity index is 756. The fourth-order valence-corrected chi connectivity index (χ4v) is 2.91. The Morgan fingerprint density at radius 3 is 3.00 bits per heavy atom. The van der Waals surface area contributed by atoms with Crippen LogP contribution in [0, 0.1) is 12.8 Å². The van der Waals surface area contributed by atoms with Gasteiger partial charge in [0, 0.05) is 24.8 Å². The van der Waals surface area contributed by atoms with Crippen molar-refractivity contribution in [2.45, 2.75) is 19.8 Å². The van der Waals surface area contributed by atoms with Crippen molar-refractivity contribution in [2.75, 3.05) is 23.3 Å². The van der Waals surface area contributed by atoms with E-state index in [4.69, 9.17) is 0 Å². The first-order valence-electron chi connectivity index (χ1n) is 7.79. The highest BCUT2D eigenvalue weighted by Crippen LogP contribution is 2.23. The standard InChI is InChI=1S/C17H20N4O2/c1-12-5-2-3-7-15(12)19-17(23)13-6-4-8-21(11-13)14-9-16(22)20-18-10-14/h2-3,5,7,9-10,13H,4,6,8,11H2,1H3,(H,19,23)(H,20,22). The van der Waals surface area contributed by atoms with E-state index >= 15 is 0 Å². The number of carbonyl (C=O) groups is 1. The molecule has 0 saturated carbocycles. The van der Waals surface area contributed by atoms with Crippen molar-refractivity contribution in [3.8, 4) is 0 Å². The summed E-state index contributed by atoms with van der Waals surface area (Å²) >= 11 is 0. The third-order valence-electron chi connectivity index (χ3n) is 4.21. The summed E-state index contributed by atoms with van der Waals surface area (Å²) in [6.45, 7) is 3.41. The number of benzene rings is 1. The van der Waals surface area contributed by atoms with Crippen LogP contribution in [0.3, 0.4) is 0 Å². The van der Waals surface area contributed by atoms with Gasteiger partial charge in [-0.3, -0.25) is 9.59 Å². The van der Waals surface area contributed by atoms with Gasteiger partial charge >= 0.3 is 0 Å². The Labute approximate surface area is 134 Å². The SMILES string of the molecule is Cc1ccccc1NC(=O)C1CCCN(c2cn[nH]c(=O)c2)C1. The van der Waals surface area contributed by atoms with Gasteiger partial charge in [0.15, 0.2) is 0 Å². The van der Waals surface area contributed by atoms with Crippen molar-refractivity contribution < 1.29 is 4.79 Å². The zero-order valence-corrected chi connectivity index (χ0v) is 13.1. The maximum atomic E-state index is 12.5. The van der Waals surface area contributed by atoms with Crippen LogP contribution in [0.2, 0.25) is 0 Å². The van der Waals surface area contributed by atoms with E-state index in [0.29, 0.717) is 6.54 Å². The third kappa shape index (κ3) is 3.59. The molecule has 1 aromatic heterocycles. The molecule has 1 aliphatic heterocycles. The number of carbonyl (C=O) groups excluding carboxylic acids is 1. The molecule has 23 heavy (non-hydrogen) atoms. The van der Waals surface area contributed by atoms with Crippen LogP contribution in [-0.4, -0.2) is 29.2 Å². The zero-order chi connectivity index (χ0) is 16.2. The lowest BCUT2D eigenvalue weighted by Gasteiger charge is -2.33. The summed E-state index contributed by atoms with van der Waals surface area (Å²) < 4.78 is 0. The molecule has 0 spiro atoms. The molecule has 3 rings (SSSR count). The number of hydrogen-bond acceptors (Lipinski definition) is 4. The van der Waals surface area contributed by atoms with E-state index < -0.39 is 0 Å². The average Bonchev–Trinajstić information content (AvgIpc) is 2.57. The van der Waals surface area contributed by atoms with Crippen molar-refractivity contribution in [3.05, 3.63) is 52.4 Å². The number of amides is 1. The second-order valence-electron chi connectivity index (χ2n) is 5.89. The van der Waals surface area contributed by atoms with E-state index in [2.05, 4.69) is 15.5 Å². The van der Waals surface area contributed by atoms with Crippen LogP contribution < -0.4 is 15.8 Å². The Morgan fingerprint density at radius 2 is 2.22 bits per heavy atom. The number of nitrogens with zero attached hydrogens (tertiary/aromatic N) is 2. The van der Waals surface area contributed by atoms with Gasteiger partial charge in [0.2, 0.25) is 5.91 Å². The molecule has 1 unspecified atom stereocenters. The summed E-state index contributed by atoms with van der Waals surface area (Å²) in [6.07, 6.45) is 3.40. The zero-order valence-electron chi connectivity index (χ0n) is 13.1. The Kier molecular flexibility index (Phi) is 4.41. The van der Waals surface area contributed by atoms with E-state index in [9.17, 15) is 9.59 Å². The van der Waals surface area contributed by atoms with E-state index in [-0.39, 0.29) is 17.4 Å². The summed E-state index contributed by atoms with van der Waals surface area (Å²) in [6, 6.07) is 9.28. The van der Waals surface area contributed by atoms with Crippen LogP contribution in [0.5, 0.6) is 0 Å². The van der Waals surface area contributed by atoms with Gasteiger partial charge in [-0.05, 0) is 31.4 Å². The predicted octanol–water partition coefficient (Wildman–Crippen LogP) is 1.93. The van der Waals surface area contributed by atoms with Crippen LogP contribution in [0.15, 0.2) is 41.3 Å². The second-order valence-corrected chi connectivity index (χ2v) is 5.89. The maximum absolute atomic E-state index is 12.5. The molecule has 0 aliphatic carbocycles. The molecule has 1 amide bonds. The minimum atomic E-state index is -0.228. The molecule has 2 aromatic rings. The van der Waals surface area contributed by atoms with E-state index in [1.807, 2.05) is 36.1 Å². The summed E-state index contributed by atoms with van der Waals surface area (Å²) in [5.41, 5.74) is 2.44. The minimum Gasteiger partial charge on any atom is -0.369 e. The number of aromatic nitrogens is 2. The predicted molar refractivity (Wildman–Crippen MR) is 89.6 cm³/mol. The largest absolute Gasteiger partial charge is 0.369 e. The summed E-state index contributed by atoms with van der Waals surface area (Å²) in [4.78, 5) is 26.0. The minimum absolute atomic E-state index is 0.0294. The topological polar surface area (TPSA) is 78.1 Å². The first-order chi connectivity index (χ1) is 11.1. The third-order valence-corrected chi connectivity index (χ3v) is 4.21. The fraction of sp³-hybridized carbons (Fsp3) is 0.353. The Hall–Kier alpha value is -2.63. The lowest BCUT2D eigenvalue weighted by Crippen LogP contribution is -2.41. The van der Waals surface area contributed by atoms with Gasteiger partial charge in [-0.25, -0.2) is 5.10 Å². The van der Waals surface area contributed by atoms with Crippen molar-refractivity contribution in [1.82, 2.24) is 10.2 Å². The summed E-state index contributed by atoms with van der Waals surface area (Å²) in [5, 5.41) is 9.22. The van der Waals surface area contributed by atoms with Crippen molar-refractivity contribution in [1.29, 1.82) is 0 Å². The number of anilines is 2. The number of aromatic amines is 1. The molecule has 1 aromatic carbocycles. The van der Waals surface area contributed by atoms with Gasteiger partial charge in [-0.15, -0.1) is 0 Å². The molecule has 120 valence electrons. The fourth-order valence-electron chi connectivity index (χ4n) is 2.91. The Balaban J connectivity index is 1.70. The van der Waals surface area contributed by atoms with Crippen LogP contribution in [0.1, 0.15) is 18.4 Å². The molecule has 0 radical (unpaired) electrons. The second kappa shape index (κ2) is 6.64. The number of aryl methyl sites for hydroxylation is 1. The molecule has 1 atom stereocenters. The molecule has 6 nitrogen and oxygen atoms in total. The monoisotopic (exact) mass is 312 g/mol. The molecular formula is C17H20N4O2. The van der Waals surface area contributed by atoms with Gasteiger partial charge in [-0.1, -0.05) is 18.2 Å². The number of piperidine rings is 1. The van der Waals surface area contributed by atoms with Gasteiger partial charge in [0.1, 0.15) is 0 Å². The van der Waals surface area contributed by atoms with E-state index in [1.165, 1.54) is 6.07 Å². The maximum Gasteiger partial charge on any atom is 0.266 e. The van der Waals surface area contributed by atoms with Gasteiger partial charge < -0.3 is 10.2 Å². The van der Waals surface area contributed by atoms with Crippen molar-refractivity contribution in [3.63, 3.8) is 0 Å². The molecule has 6 heteroatoms.